The van der Waals surface area contributed by atoms with Gasteiger partial charge >= 0.3 is 12.4 Å². The molecule has 0 fully saturated rings. The topological polar surface area (TPSA) is 26.0 Å². The van der Waals surface area contributed by atoms with Crippen molar-refractivity contribution >= 4 is 28.3 Å². The van der Waals surface area contributed by atoms with Gasteiger partial charge in [-0.1, -0.05) is 15.9 Å². The van der Waals surface area contributed by atoms with Crippen LogP contribution in [-0.2, 0) is 6.18 Å². The van der Waals surface area contributed by atoms with Gasteiger partial charge in [-0.05, 0) is 23.8 Å². The van der Waals surface area contributed by atoms with E-state index >= 15 is 0 Å². The number of nitrogens with two attached hydrogens (primary N) is 1. The second kappa shape index (κ2) is 6.32. The number of benzene rings is 1. The molecule has 0 spiro atoms. The van der Waals surface area contributed by atoms with E-state index < -0.39 is 30.4 Å². The molecule has 2 N–H and O–H groups in total. The Morgan fingerprint density at radius 3 is 2.00 bits per heavy atom. The predicted molar refractivity (Wildman–Crippen MR) is 64.0 cm³/mol. The van der Waals surface area contributed by atoms with Gasteiger partial charge in [-0.15, -0.1) is 12.4 Å². The highest BCUT2D eigenvalue weighted by molar-refractivity contribution is 9.10. The van der Waals surface area contributed by atoms with Crippen LogP contribution in [0, 0.1) is 0 Å². The van der Waals surface area contributed by atoms with Crippen LogP contribution in [0.15, 0.2) is 22.7 Å². The monoisotopic (exact) mass is 371 g/mol. The lowest BCUT2D eigenvalue weighted by Gasteiger charge is -2.16. The lowest BCUT2D eigenvalue weighted by molar-refractivity contribution is -0.138. The summed E-state index contributed by atoms with van der Waals surface area (Å²) in [6.07, 6.45) is -10.5. The molecule has 0 bridgehead atoms. The Morgan fingerprint density at radius 2 is 1.58 bits per heavy atom. The molecule has 0 aliphatic rings. The van der Waals surface area contributed by atoms with E-state index in [0.717, 1.165) is 12.1 Å². The molecule has 0 saturated carbocycles. The minimum atomic E-state index is -4.63. The lowest BCUT2D eigenvalue weighted by Crippen LogP contribution is -2.20. The molecule has 0 aliphatic carbocycles. The van der Waals surface area contributed by atoms with Crippen LogP contribution in [0.2, 0.25) is 0 Å². The van der Waals surface area contributed by atoms with Crippen LogP contribution in [0.4, 0.5) is 26.3 Å². The fraction of sp³-hybridized carbons (Fsp3) is 0.400. The molecule has 1 aromatic carbocycles. The molecule has 19 heavy (non-hydrogen) atoms. The van der Waals surface area contributed by atoms with Crippen molar-refractivity contribution < 1.29 is 26.3 Å². The molecule has 1 nitrogen and oxygen atoms in total. The zero-order chi connectivity index (χ0) is 14.1. The van der Waals surface area contributed by atoms with Gasteiger partial charge in [0.15, 0.2) is 0 Å². The van der Waals surface area contributed by atoms with Crippen molar-refractivity contribution in [2.45, 2.75) is 24.8 Å². The summed E-state index contributed by atoms with van der Waals surface area (Å²) in [5, 5.41) is 0. The minimum Gasteiger partial charge on any atom is -0.324 e. The summed E-state index contributed by atoms with van der Waals surface area (Å²) in [5.74, 6) is 0. The third-order valence-electron chi connectivity index (χ3n) is 2.13. The Bertz CT molecular complexity index is 431. The van der Waals surface area contributed by atoms with E-state index in [2.05, 4.69) is 15.9 Å². The van der Waals surface area contributed by atoms with E-state index in [-0.39, 0.29) is 22.4 Å². The molecule has 0 saturated heterocycles. The van der Waals surface area contributed by atoms with Gasteiger partial charge < -0.3 is 5.73 Å². The van der Waals surface area contributed by atoms with Crippen molar-refractivity contribution in [2.75, 3.05) is 0 Å². The average molecular weight is 373 g/mol. The molecular formula is C10H9BrClF6N. The summed E-state index contributed by atoms with van der Waals surface area (Å²) >= 11 is 2.82. The summed E-state index contributed by atoms with van der Waals surface area (Å²) in [6, 6.07) is 1.03. The fourth-order valence-corrected chi connectivity index (χ4v) is 1.87. The van der Waals surface area contributed by atoms with Crippen LogP contribution < -0.4 is 5.73 Å². The van der Waals surface area contributed by atoms with Crippen LogP contribution in [0.1, 0.15) is 23.6 Å². The van der Waals surface area contributed by atoms with Gasteiger partial charge in [0, 0.05) is 10.5 Å². The van der Waals surface area contributed by atoms with E-state index in [1.165, 1.54) is 0 Å². The van der Waals surface area contributed by atoms with Crippen LogP contribution in [0.3, 0.4) is 0 Å². The number of rotatable bonds is 2. The maximum absolute atomic E-state index is 12.5. The second-order valence-corrected chi connectivity index (χ2v) is 4.61. The molecular weight excluding hydrogens is 363 g/mol. The van der Waals surface area contributed by atoms with Crippen LogP contribution in [-0.4, -0.2) is 6.18 Å². The van der Waals surface area contributed by atoms with Crippen molar-refractivity contribution in [3.63, 3.8) is 0 Å². The third kappa shape index (κ3) is 6.01. The van der Waals surface area contributed by atoms with Gasteiger partial charge in [0.2, 0.25) is 0 Å². The van der Waals surface area contributed by atoms with Crippen molar-refractivity contribution in [2.24, 2.45) is 5.73 Å². The van der Waals surface area contributed by atoms with E-state index in [4.69, 9.17) is 5.73 Å². The normalized spacial score (nSPS) is 13.9. The zero-order valence-electron chi connectivity index (χ0n) is 9.15. The molecule has 1 atom stereocenters. The van der Waals surface area contributed by atoms with Gasteiger partial charge in [0.05, 0.1) is 12.0 Å². The highest BCUT2D eigenvalue weighted by atomic mass is 79.9. The van der Waals surface area contributed by atoms with Gasteiger partial charge in [-0.25, -0.2) is 0 Å². The van der Waals surface area contributed by atoms with E-state index in [1.54, 1.807) is 0 Å². The zero-order valence-corrected chi connectivity index (χ0v) is 11.6. The Labute approximate surface area is 119 Å². The lowest BCUT2D eigenvalue weighted by atomic mass is 10.0. The van der Waals surface area contributed by atoms with Gasteiger partial charge in [-0.2, -0.15) is 26.3 Å². The number of halogens is 8. The van der Waals surface area contributed by atoms with Crippen LogP contribution in [0.5, 0.6) is 0 Å². The summed E-state index contributed by atoms with van der Waals surface area (Å²) < 4.78 is 73.8. The van der Waals surface area contributed by atoms with Crippen LogP contribution >= 0.6 is 28.3 Å². The van der Waals surface area contributed by atoms with Crippen molar-refractivity contribution in [3.8, 4) is 0 Å². The average Bonchev–Trinajstić information content (AvgIpc) is 2.12. The minimum absolute atomic E-state index is 0. The van der Waals surface area contributed by atoms with Gasteiger partial charge in [-0.3, -0.25) is 0 Å². The molecule has 0 aliphatic heterocycles. The first-order valence-electron chi connectivity index (χ1n) is 4.69. The smallest absolute Gasteiger partial charge is 0.324 e. The first-order valence-corrected chi connectivity index (χ1v) is 5.48. The van der Waals surface area contributed by atoms with Crippen molar-refractivity contribution in [3.05, 3.63) is 33.8 Å². The van der Waals surface area contributed by atoms with Crippen molar-refractivity contribution in [1.29, 1.82) is 0 Å². The Morgan fingerprint density at radius 1 is 1.05 bits per heavy atom. The first kappa shape index (κ1) is 18.5. The first-order chi connectivity index (χ1) is 7.99. The molecule has 0 radical (unpaired) electrons. The van der Waals surface area contributed by atoms with Gasteiger partial charge in [0.25, 0.3) is 0 Å². The summed E-state index contributed by atoms with van der Waals surface area (Å²) in [5.41, 5.74) is 4.00. The molecule has 9 heteroatoms. The molecule has 1 aromatic rings. The molecule has 0 aromatic heterocycles. The number of hydrogen-bond acceptors (Lipinski definition) is 1. The van der Waals surface area contributed by atoms with E-state index in [1.807, 2.05) is 0 Å². The maximum Gasteiger partial charge on any atom is 0.416 e. The highest BCUT2D eigenvalue weighted by Crippen LogP contribution is 2.35. The maximum atomic E-state index is 12.5. The Hall–Kier alpha value is -0.470. The summed E-state index contributed by atoms with van der Waals surface area (Å²) in [6.45, 7) is 0. The highest BCUT2D eigenvalue weighted by Gasteiger charge is 2.34. The molecule has 110 valence electrons. The molecule has 0 unspecified atom stereocenters. The fourth-order valence-electron chi connectivity index (χ4n) is 1.36. The summed E-state index contributed by atoms with van der Waals surface area (Å²) in [7, 11) is 0. The van der Waals surface area contributed by atoms with E-state index in [0.29, 0.717) is 6.07 Å². The molecule has 0 heterocycles. The predicted octanol–water partition coefficient (Wildman–Crippen LogP) is 4.84. The largest absolute Gasteiger partial charge is 0.416 e. The number of alkyl halides is 6. The second-order valence-electron chi connectivity index (χ2n) is 3.70. The molecule has 1 rings (SSSR count). The Balaban J connectivity index is 0.00000324. The van der Waals surface area contributed by atoms with Crippen LogP contribution in [0.25, 0.3) is 0 Å². The third-order valence-corrected chi connectivity index (χ3v) is 2.58. The molecule has 0 amide bonds. The summed E-state index contributed by atoms with van der Waals surface area (Å²) in [4.78, 5) is 0. The van der Waals surface area contributed by atoms with Crippen molar-refractivity contribution in [1.82, 2.24) is 0 Å². The SMILES string of the molecule is Cl.N[C@@H](CC(F)(F)F)c1cc(Br)cc(C(F)(F)F)c1. The van der Waals surface area contributed by atoms with E-state index in [9.17, 15) is 26.3 Å². The van der Waals surface area contributed by atoms with Gasteiger partial charge in [0.1, 0.15) is 0 Å². The standard InChI is InChI=1S/C10H8BrF6N.ClH/c11-7-2-5(8(18)4-9(12,13)14)1-6(3-7)10(15,16)17;/h1-3,8H,4,18H2;1H/t8-;/m0./s1. The Kier molecular flexibility index (Phi) is 6.16. The quantitative estimate of drug-likeness (QED) is 0.739. The number of hydrogen-bond donors (Lipinski definition) is 1.